The highest BCUT2D eigenvalue weighted by Gasteiger charge is 2.17. The van der Waals surface area contributed by atoms with Crippen molar-refractivity contribution in [2.45, 2.75) is 17.4 Å². The first-order valence-corrected chi connectivity index (χ1v) is 5.16. The summed E-state index contributed by atoms with van der Waals surface area (Å²) in [7, 11) is 0. The van der Waals surface area contributed by atoms with E-state index in [0.717, 1.165) is 5.69 Å². The van der Waals surface area contributed by atoms with Crippen molar-refractivity contribution in [3.8, 4) is 0 Å². The highest BCUT2D eigenvalue weighted by Crippen LogP contribution is 2.23. The number of hydrogen-bond donors (Lipinski definition) is 3. The largest absolute Gasteiger partial charge is 0.326 e. The summed E-state index contributed by atoms with van der Waals surface area (Å²) in [4.78, 5) is 11.4. The fourth-order valence-corrected chi connectivity index (χ4v) is 1.32. The molecule has 1 aromatic carbocycles. The van der Waals surface area contributed by atoms with E-state index in [4.69, 9.17) is 0 Å². The van der Waals surface area contributed by atoms with E-state index in [0.29, 0.717) is 0 Å². The summed E-state index contributed by atoms with van der Waals surface area (Å²) in [6.45, 7) is 1.78. The Bertz CT molecular complexity index is 306. The maximum Gasteiger partial charge on any atom is 0.226 e. The van der Waals surface area contributed by atoms with Crippen LogP contribution < -0.4 is 5.32 Å². The molecule has 0 aliphatic carbocycles. The zero-order chi connectivity index (χ0) is 10.6. The topological polar surface area (TPSA) is 29.1 Å². The number of carbonyl (C=O) groups is 1. The minimum atomic E-state index is -0.571. The van der Waals surface area contributed by atoms with E-state index in [1.807, 2.05) is 30.3 Å². The van der Waals surface area contributed by atoms with E-state index in [2.05, 4.69) is 30.6 Å². The molecule has 1 amide bonds. The molecule has 0 aliphatic rings. The zero-order valence-electron chi connectivity index (χ0n) is 7.90. The van der Waals surface area contributed by atoms with Crippen molar-refractivity contribution in [1.82, 2.24) is 0 Å². The van der Waals surface area contributed by atoms with Crippen LogP contribution in [0.3, 0.4) is 0 Å². The van der Waals surface area contributed by atoms with Crippen molar-refractivity contribution in [3.63, 3.8) is 0 Å². The number of hydrogen-bond acceptors (Lipinski definition) is 3. The van der Waals surface area contributed by atoms with Gasteiger partial charge in [0.25, 0.3) is 0 Å². The third kappa shape index (κ3) is 4.58. The third-order valence-electron chi connectivity index (χ3n) is 1.55. The molecule has 0 spiro atoms. The van der Waals surface area contributed by atoms with Crippen LogP contribution in [0.2, 0.25) is 0 Å². The number of carbonyl (C=O) groups excluding carboxylic acids is 1. The quantitative estimate of drug-likeness (QED) is 0.538. The van der Waals surface area contributed by atoms with Gasteiger partial charge in [0.1, 0.15) is 0 Å². The highest BCUT2D eigenvalue weighted by molar-refractivity contribution is 8.00. The van der Waals surface area contributed by atoms with Crippen LogP contribution in [-0.4, -0.2) is 9.99 Å². The molecule has 14 heavy (non-hydrogen) atoms. The van der Waals surface area contributed by atoms with Crippen LogP contribution in [0.5, 0.6) is 0 Å². The van der Waals surface area contributed by atoms with Crippen molar-refractivity contribution in [1.29, 1.82) is 0 Å². The van der Waals surface area contributed by atoms with Gasteiger partial charge in [-0.3, -0.25) is 4.79 Å². The van der Waals surface area contributed by atoms with E-state index < -0.39 is 4.08 Å². The summed E-state index contributed by atoms with van der Waals surface area (Å²) in [5.41, 5.74) is 0.795. The Labute approximate surface area is 94.9 Å². The monoisotopic (exact) mass is 227 g/mol. The maximum absolute atomic E-state index is 11.4. The van der Waals surface area contributed by atoms with E-state index in [1.54, 1.807) is 6.92 Å². The number of anilines is 1. The Morgan fingerprint density at radius 1 is 1.36 bits per heavy atom. The van der Waals surface area contributed by atoms with E-state index in [9.17, 15) is 4.79 Å². The summed E-state index contributed by atoms with van der Waals surface area (Å²) < 4.78 is -0.571. The predicted molar refractivity (Wildman–Crippen MR) is 66.1 cm³/mol. The molecule has 1 N–H and O–H groups in total. The first kappa shape index (κ1) is 11.5. The summed E-state index contributed by atoms with van der Waals surface area (Å²) in [6, 6.07) is 9.32. The van der Waals surface area contributed by atoms with E-state index in [-0.39, 0.29) is 12.3 Å². The summed E-state index contributed by atoms with van der Waals surface area (Å²) >= 11 is 8.33. The van der Waals surface area contributed by atoms with Crippen LogP contribution in [-0.2, 0) is 4.79 Å². The van der Waals surface area contributed by atoms with Gasteiger partial charge in [-0.1, -0.05) is 18.2 Å². The van der Waals surface area contributed by atoms with Crippen molar-refractivity contribution >= 4 is 36.9 Å². The molecular formula is C10H13NOS2. The molecular weight excluding hydrogens is 214 g/mol. The molecule has 1 aromatic rings. The van der Waals surface area contributed by atoms with Gasteiger partial charge in [-0.15, -0.1) is 0 Å². The lowest BCUT2D eigenvalue weighted by atomic mass is 10.2. The molecule has 0 fully saturated rings. The smallest absolute Gasteiger partial charge is 0.226 e. The second kappa shape index (κ2) is 4.75. The zero-order valence-corrected chi connectivity index (χ0v) is 9.69. The average Bonchev–Trinajstić information content (AvgIpc) is 2.02. The first-order chi connectivity index (χ1) is 6.47. The van der Waals surface area contributed by atoms with Crippen LogP contribution in [0.15, 0.2) is 30.3 Å². The standard InChI is InChI=1S/C10H13NOS2/c1-10(13,14)7-9(12)11-8-5-3-2-4-6-8/h2-6,13-14H,7H2,1H3,(H,11,12). The SMILES string of the molecule is CC(S)(S)CC(=O)Nc1ccccc1. The Hall–Kier alpha value is -0.610. The lowest BCUT2D eigenvalue weighted by Gasteiger charge is -2.15. The molecule has 0 aliphatic heterocycles. The molecule has 0 heterocycles. The second-order valence-corrected chi connectivity index (χ2v) is 5.63. The van der Waals surface area contributed by atoms with Crippen LogP contribution in [0.4, 0.5) is 5.69 Å². The van der Waals surface area contributed by atoms with E-state index >= 15 is 0 Å². The van der Waals surface area contributed by atoms with Gasteiger partial charge in [0, 0.05) is 5.69 Å². The molecule has 0 atom stereocenters. The van der Waals surface area contributed by atoms with Crippen molar-refractivity contribution in [2.24, 2.45) is 0 Å². The minimum Gasteiger partial charge on any atom is -0.326 e. The number of amides is 1. The molecule has 0 bridgehead atoms. The summed E-state index contributed by atoms with van der Waals surface area (Å²) in [6.07, 6.45) is 0.272. The van der Waals surface area contributed by atoms with Gasteiger partial charge in [0.2, 0.25) is 5.91 Å². The molecule has 2 nitrogen and oxygen atoms in total. The fraction of sp³-hybridized carbons (Fsp3) is 0.300. The molecule has 0 aromatic heterocycles. The first-order valence-electron chi connectivity index (χ1n) is 4.27. The number of benzene rings is 1. The van der Waals surface area contributed by atoms with Crippen LogP contribution in [0.1, 0.15) is 13.3 Å². The number of thiol groups is 2. The van der Waals surface area contributed by atoms with Crippen molar-refractivity contribution < 1.29 is 4.79 Å². The Kier molecular flexibility index (Phi) is 3.89. The number of rotatable bonds is 3. The van der Waals surface area contributed by atoms with Gasteiger partial charge in [-0.05, 0) is 19.1 Å². The van der Waals surface area contributed by atoms with Crippen LogP contribution >= 0.6 is 25.3 Å². The normalized spacial score (nSPS) is 11.1. The lowest BCUT2D eigenvalue weighted by molar-refractivity contribution is -0.116. The van der Waals surface area contributed by atoms with Gasteiger partial charge in [-0.2, -0.15) is 25.3 Å². The Morgan fingerprint density at radius 3 is 2.43 bits per heavy atom. The molecule has 1 rings (SSSR count). The average molecular weight is 227 g/mol. The Balaban J connectivity index is 2.50. The van der Waals surface area contributed by atoms with Crippen LogP contribution in [0, 0.1) is 0 Å². The predicted octanol–water partition coefficient (Wildman–Crippen LogP) is 2.59. The lowest BCUT2D eigenvalue weighted by Crippen LogP contribution is -2.20. The van der Waals surface area contributed by atoms with E-state index in [1.165, 1.54) is 0 Å². The van der Waals surface area contributed by atoms with Gasteiger partial charge in [-0.25, -0.2) is 0 Å². The minimum absolute atomic E-state index is 0.0799. The Morgan fingerprint density at radius 2 is 1.93 bits per heavy atom. The maximum atomic E-state index is 11.4. The van der Waals surface area contributed by atoms with Gasteiger partial charge >= 0.3 is 0 Å². The second-order valence-electron chi connectivity index (χ2n) is 3.31. The molecule has 76 valence electrons. The fourth-order valence-electron chi connectivity index (χ4n) is 1.03. The van der Waals surface area contributed by atoms with Gasteiger partial charge in [0.15, 0.2) is 0 Å². The highest BCUT2D eigenvalue weighted by atomic mass is 32.2. The molecule has 0 saturated heterocycles. The third-order valence-corrected chi connectivity index (χ3v) is 1.87. The molecule has 0 saturated carbocycles. The molecule has 0 unspecified atom stereocenters. The molecule has 0 radical (unpaired) electrons. The van der Waals surface area contributed by atoms with Crippen LogP contribution in [0.25, 0.3) is 0 Å². The number of para-hydroxylation sites is 1. The van der Waals surface area contributed by atoms with Crippen molar-refractivity contribution in [3.05, 3.63) is 30.3 Å². The molecule has 4 heteroatoms. The summed E-state index contributed by atoms with van der Waals surface area (Å²) in [5, 5.41) is 2.76. The van der Waals surface area contributed by atoms with Gasteiger partial charge in [0.05, 0.1) is 10.5 Å². The van der Waals surface area contributed by atoms with Crippen molar-refractivity contribution in [2.75, 3.05) is 5.32 Å². The number of nitrogens with one attached hydrogen (secondary N) is 1. The van der Waals surface area contributed by atoms with Gasteiger partial charge < -0.3 is 5.32 Å². The summed E-state index contributed by atoms with van der Waals surface area (Å²) in [5.74, 6) is -0.0799.